The van der Waals surface area contributed by atoms with Crippen LogP contribution in [0.15, 0.2) is 0 Å². The molecule has 0 radical (unpaired) electrons. The summed E-state index contributed by atoms with van der Waals surface area (Å²) in [4.78, 5) is 22.8. The van der Waals surface area contributed by atoms with Crippen LogP contribution < -0.4 is 0 Å². The van der Waals surface area contributed by atoms with E-state index in [1.54, 1.807) is 11.9 Å². The quantitative estimate of drug-likeness (QED) is 0.510. The molecule has 0 saturated carbocycles. The van der Waals surface area contributed by atoms with Gasteiger partial charge in [-0.05, 0) is 6.42 Å². The van der Waals surface area contributed by atoms with Crippen molar-refractivity contribution in [1.29, 1.82) is 0 Å². The Morgan fingerprint density at radius 1 is 1.80 bits per heavy atom. The number of nitrogens with zero attached hydrogens (tertiary/aromatic N) is 1. The Kier molecular flexibility index (Phi) is 2.04. The Hall–Kier alpha value is -0.860. The summed E-state index contributed by atoms with van der Waals surface area (Å²) in [7, 11) is 1.77. The maximum Gasteiger partial charge on any atom is 0.225 e. The second-order valence-corrected chi connectivity index (χ2v) is 2.65. The van der Waals surface area contributed by atoms with Gasteiger partial charge in [0, 0.05) is 25.9 Å². The van der Waals surface area contributed by atoms with Crippen molar-refractivity contribution in [2.24, 2.45) is 5.92 Å². The van der Waals surface area contributed by atoms with Gasteiger partial charge >= 0.3 is 0 Å². The average Bonchev–Trinajstić information content (AvgIpc) is 2.20. The van der Waals surface area contributed by atoms with E-state index in [1.807, 2.05) is 0 Å². The number of rotatable bonds is 2. The van der Waals surface area contributed by atoms with Crippen LogP contribution in [0.5, 0.6) is 0 Å². The first-order valence-electron chi connectivity index (χ1n) is 3.44. The molecule has 56 valence electrons. The fourth-order valence-electron chi connectivity index (χ4n) is 1.23. The summed E-state index contributed by atoms with van der Waals surface area (Å²) in [6.45, 7) is 0.803. The highest BCUT2D eigenvalue weighted by molar-refractivity contribution is 5.82. The zero-order valence-corrected chi connectivity index (χ0v) is 6.04. The van der Waals surface area contributed by atoms with Crippen LogP contribution in [0.4, 0.5) is 0 Å². The third-order valence-corrected chi connectivity index (χ3v) is 1.92. The van der Waals surface area contributed by atoms with Crippen molar-refractivity contribution in [2.75, 3.05) is 13.6 Å². The topological polar surface area (TPSA) is 37.4 Å². The Labute approximate surface area is 60.0 Å². The summed E-state index contributed by atoms with van der Waals surface area (Å²) >= 11 is 0. The van der Waals surface area contributed by atoms with Gasteiger partial charge in [0.05, 0.1) is 0 Å². The molecule has 0 spiro atoms. The van der Waals surface area contributed by atoms with Gasteiger partial charge in [-0.1, -0.05) is 0 Å². The third kappa shape index (κ3) is 1.17. The van der Waals surface area contributed by atoms with E-state index in [-0.39, 0.29) is 11.8 Å². The van der Waals surface area contributed by atoms with Crippen molar-refractivity contribution < 1.29 is 9.59 Å². The van der Waals surface area contributed by atoms with E-state index in [2.05, 4.69) is 0 Å². The summed E-state index contributed by atoms with van der Waals surface area (Å²) in [6.07, 6.45) is 2.05. The van der Waals surface area contributed by atoms with Crippen LogP contribution in [-0.4, -0.2) is 30.7 Å². The molecule has 0 aromatic rings. The highest BCUT2D eigenvalue weighted by Gasteiger charge is 2.27. The molecule has 1 fully saturated rings. The molecular weight excluding hydrogens is 130 g/mol. The van der Waals surface area contributed by atoms with Crippen LogP contribution in [0.1, 0.15) is 12.8 Å². The maximum atomic E-state index is 11.1. The van der Waals surface area contributed by atoms with Crippen LogP contribution in [0.25, 0.3) is 0 Å². The molecule has 0 aromatic heterocycles. The predicted octanol–water partition coefficient (Wildman–Crippen LogP) is 0.0537. The lowest BCUT2D eigenvalue weighted by atomic mass is 10.1. The summed E-state index contributed by atoms with van der Waals surface area (Å²) in [5.74, 6) is 0.0922. The molecule has 10 heavy (non-hydrogen) atoms. The Morgan fingerprint density at radius 3 is 2.90 bits per heavy atom. The lowest BCUT2D eigenvalue weighted by Crippen LogP contribution is -2.22. The SMILES string of the molecule is CN1CC[C@@H](CC=O)C1=O. The zero-order chi connectivity index (χ0) is 7.56. The van der Waals surface area contributed by atoms with Crippen LogP contribution in [0.3, 0.4) is 0 Å². The Morgan fingerprint density at radius 2 is 2.50 bits per heavy atom. The summed E-state index contributed by atoms with van der Waals surface area (Å²) in [5.41, 5.74) is 0. The van der Waals surface area contributed by atoms with E-state index < -0.39 is 0 Å². The molecule has 0 aliphatic carbocycles. The summed E-state index contributed by atoms with van der Waals surface area (Å²) < 4.78 is 0. The van der Waals surface area contributed by atoms with Crippen LogP contribution >= 0.6 is 0 Å². The van der Waals surface area contributed by atoms with Crippen molar-refractivity contribution in [3.8, 4) is 0 Å². The van der Waals surface area contributed by atoms with E-state index >= 15 is 0 Å². The first kappa shape index (κ1) is 7.25. The van der Waals surface area contributed by atoms with Crippen LogP contribution in [-0.2, 0) is 9.59 Å². The maximum absolute atomic E-state index is 11.1. The number of carbonyl (C=O) groups is 2. The smallest absolute Gasteiger partial charge is 0.225 e. The number of amides is 1. The van der Waals surface area contributed by atoms with E-state index in [9.17, 15) is 9.59 Å². The lowest BCUT2D eigenvalue weighted by Gasteiger charge is -2.06. The summed E-state index contributed by atoms with van der Waals surface area (Å²) in [5, 5.41) is 0. The van der Waals surface area contributed by atoms with Gasteiger partial charge in [0.25, 0.3) is 0 Å². The second-order valence-electron chi connectivity index (χ2n) is 2.65. The van der Waals surface area contributed by atoms with Gasteiger partial charge in [0.1, 0.15) is 6.29 Å². The zero-order valence-electron chi connectivity index (χ0n) is 6.04. The standard InChI is InChI=1S/C7H11NO2/c1-8-4-2-6(3-5-9)7(8)10/h5-6H,2-4H2,1H3/t6-/m0/s1. The van der Waals surface area contributed by atoms with Crippen LogP contribution in [0.2, 0.25) is 0 Å². The number of aldehydes is 1. The molecule has 1 rings (SSSR count). The average molecular weight is 141 g/mol. The van der Waals surface area contributed by atoms with Gasteiger partial charge in [-0.2, -0.15) is 0 Å². The number of carbonyl (C=O) groups excluding carboxylic acids is 2. The molecule has 3 nitrogen and oxygen atoms in total. The van der Waals surface area contributed by atoms with E-state index in [4.69, 9.17) is 0 Å². The second kappa shape index (κ2) is 2.82. The first-order valence-corrected chi connectivity index (χ1v) is 3.44. The third-order valence-electron chi connectivity index (χ3n) is 1.92. The van der Waals surface area contributed by atoms with Crippen molar-refractivity contribution in [1.82, 2.24) is 4.90 Å². The largest absolute Gasteiger partial charge is 0.345 e. The van der Waals surface area contributed by atoms with Crippen molar-refractivity contribution >= 4 is 12.2 Å². The molecule has 0 bridgehead atoms. The van der Waals surface area contributed by atoms with Gasteiger partial charge in [-0.25, -0.2) is 0 Å². The van der Waals surface area contributed by atoms with Gasteiger partial charge in [-0.15, -0.1) is 0 Å². The lowest BCUT2D eigenvalue weighted by molar-refractivity contribution is -0.131. The molecule has 1 heterocycles. The molecule has 1 amide bonds. The van der Waals surface area contributed by atoms with E-state index in [0.717, 1.165) is 19.3 Å². The molecule has 3 heteroatoms. The monoisotopic (exact) mass is 141 g/mol. The van der Waals surface area contributed by atoms with Crippen molar-refractivity contribution in [3.05, 3.63) is 0 Å². The Balaban J connectivity index is 2.48. The number of likely N-dealkylation sites (tertiary alicyclic amines) is 1. The molecule has 1 atom stereocenters. The minimum Gasteiger partial charge on any atom is -0.345 e. The van der Waals surface area contributed by atoms with Crippen LogP contribution in [0, 0.1) is 5.92 Å². The highest BCUT2D eigenvalue weighted by Crippen LogP contribution is 2.17. The number of hydrogen-bond acceptors (Lipinski definition) is 2. The minimum absolute atomic E-state index is 0.0255. The van der Waals surface area contributed by atoms with E-state index in [0.29, 0.717) is 6.42 Å². The molecule has 1 saturated heterocycles. The first-order chi connectivity index (χ1) is 4.75. The molecule has 0 N–H and O–H groups in total. The highest BCUT2D eigenvalue weighted by atomic mass is 16.2. The van der Waals surface area contributed by atoms with E-state index in [1.165, 1.54) is 0 Å². The minimum atomic E-state index is -0.0255. The van der Waals surface area contributed by atoms with Gasteiger partial charge < -0.3 is 9.69 Å². The fraction of sp³-hybridized carbons (Fsp3) is 0.714. The molecular formula is C7H11NO2. The molecule has 0 aromatic carbocycles. The molecule has 1 aliphatic rings. The van der Waals surface area contributed by atoms with Crippen molar-refractivity contribution in [2.45, 2.75) is 12.8 Å². The Bertz CT molecular complexity index is 156. The van der Waals surface area contributed by atoms with Crippen molar-refractivity contribution in [3.63, 3.8) is 0 Å². The normalized spacial score (nSPS) is 25.5. The van der Waals surface area contributed by atoms with Gasteiger partial charge in [0.15, 0.2) is 0 Å². The predicted molar refractivity (Wildman–Crippen MR) is 36.4 cm³/mol. The molecule has 1 aliphatic heterocycles. The molecule has 0 unspecified atom stereocenters. The van der Waals surface area contributed by atoms with Gasteiger partial charge in [0.2, 0.25) is 5.91 Å². The summed E-state index contributed by atoms with van der Waals surface area (Å²) in [6, 6.07) is 0. The van der Waals surface area contributed by atoms with Gasteiger partial charge in [-0.3, -0.25) is 4.79 Å². The number of hydrogen-bond donors (Lipinski definition) is 0. The fourth-order valence-corrected chi connectivity index (χ4v) is 1.23.